The van der Waals surface area contributed by atoms with Crippen molar-refractivity contribution in [2.75, 3.05) is 13.1 Å². The maximum Gasteiger partial charge on any atom is 0.335 e. The molecular formula is C11H12FNO4S. The number of carboxylic acids is 1. The lowest BCUT2D eigenvalue weighted by Crippen LogP contribution is -2.28. The van der Waals surface area contributed by atoms with E-state index in [-0.39, 0.29) is 5.56 Å². The molecule has 0 unspecified atom stereocenters. The molecule has 1 heterocycles. The van der Waals surface area contributed by atoms with E-state index in [0.29, 0.717) is 13.1 Å². The lowest BCUT2D eigenvalue weighted by Gasteiger charge is -2.15. The topological polar surface area (TPSA) is 74.7 Å². The maximum absolute atomic E-state index is 13.7. The van der Waals surface area contributed by atoms with Crippen LogP contribution < -0.4 is 0 Å². The number of carboxylic acid groups (broad SMARTS) is 1. The summed E-state index contributed by atoms with van der Waals surface area (Å²) in [5, 5.41) is 8.69. The molecule has 18 heavy (non-hydrogen) atoms. The zero-order chi connectivity index (χ0) is 13.3. The Labute approximate surface area is 104 Å². The molecule has 1 aromatic rings. The van der Waals surface area contributed by atoms with Gasteiger partial charge in [-0.2, -0.15) is 4.31 Å². The van der Waals surface area contributed by atoms with Gasteiger partial charge in [-0.15, -0.1) is 0 Å². The molecule has 0 atom stereocenters. The smallest absolute Gasteiger partial charge is 0.335 e. The highest BCUT2D eigenvalue weighted by Gasteiger charge is 2.29. The van der Waals surface area contributed by atoms with Crippen LogP contribution in [0.5, 0.6) is 0 Å². The second-order valence-corrected chi connectivity index (χ2v) is 5.97. The quantitative estimate of drug-likeness (QED) is 0.901. The van der Waals surface area contributed by atoms with Crippen molar-refractivity contribution in [3.63, 3.8) is 0 Å². The fraction of sp³-hybridized carbons (Fsp3) is 0.364. The van der Waals surface area contributed by atoms with E-state index in [1.165, 1.54) is 4.31 Å². The van der Waals surface area contributed by atoms with Gasteiger partial charge in [-0.25, -0.2) is 17.6 Å². The van der Waals surface area contributed by atoms with E-state index in [0.717, 1.165) is 31.0 Å². The van der Waals surface area contributed by atoms with Gasteiger partial charge in [0, 0.05) is 13.1 Å². The number of benzene rings is 1. The zero-order valence-corrected chi connectivity index (χ0v) is 10.3. The van der Waals surface area contributed by atoms with Crippen molar-refractivity contribution in [2.45, 2.75) is 17.7 Å². The number of nitrogens with zero attached hydrogens (tertiary/aromatic N) is 1. The second-order valence-electron chi connectivity index (χ2n) is 4.06. The first-order valence-electron chi connectivity index (χ1n) is 5.46. The fourth-order valence-corrected chi connectivity index (χ4v) is 3.47. The number of sulfonamides is 1. The summed E-state index contributed by atoms with van der Waals surface area (Å²) in [5.41, 5.74) is -0.270. The van der Waals surface area contributed by atoms with Crippen LogP contribution in [0.4, 0.5) is 4.39 Å². The van der Waals surface area contributed by atoms with E-state index in [1.807, 2.05) is 0 Å². The Bertz CT molecular complexity index is 579. The molecule has 0 aliphatic carbocycles. The van der Waals surface area contributed by atoms with Crippen molar-refractivity contribution in [1.82, 2.24) is 4.31 Å². The van der Waals surface area contributed by atoms with E-state index < -0.39 is 26.7 Å². The molecule has 1 saturated heterocycles. The molecule has 98 valence electrons. The van der Waals surface area contributed by atoms with Gasteiger partial charge < -0.3 is 5.11 Å². The fourth-order valence-electron chi connectivity index (χ4n) is 1.91. The minimum Gasteiger partial charge on any atom is -0.478 e. The Balaban J connectivity index is 2.42. The summed E-state index contributed by atoms with van der Waals surface area (Å²) in [7, 11) is -3.85. The first-order chi connectivity index (χ1) is 8.43. The Morgan fingerprint density at radius 2 is 1.89 bits per heavy atom. The van der Waals surface area contributed by atoms with Crippen molar-refractivity contribution in [2.24, 2.45) is 0 Å². The zero-order valence-electron chi connectivity index (χ0n) is 9.47. The lowest BCUT2D eigenvalue weighted by molar-refractivity contribution is 0.0696. The van der Waals surface area contributed by atoms with Gasteiger partial charge in [-0.1, -0.05) is 0 Å². The van der Waals surface area contributed by atoms with Crippen molar-refractivity contribution in [3.8, 4) is 0 Å². The van der Waals surface area contributed by atoms with Crippen LogP contribution in [-0.4, -0.2) is 36.9 Å². The standard InChI is InChI=1S/C11H12FNO4S/c12-9-7-8(11(14)15)3-4-10(9)18(16,17)13-5-1-2-6-13/h3-4,7H,1-2,5-6H2,(H,14,15). The van der Waals surface area contributed by atoms with Gasteiger partial charge in [-0.3, -0.25) is 0 Å². The highest BCUT2D eigenvalue weighted by atomic mass is 32.2. The summed E-state index contributed by atoms with van der Waals surface area (Å²) < 4.78 is 39.1. The summed E-state index contributed by atoms with van der Waals surface area (Å²) in [6.45, 7) is 0.755. The number of aromatic carboxylic acids is 1. The Kier molecular flexibility index (Phi) is 3.36. The highest BCUT2D eigenvalue weighted by Crippen LogP contribution is 2.23. The first kappa shape index (κ1) is 13.0. The van der Waals surface area contributed by atoms with Gasteiger partial charge in [0.25, 0.3) is 0 Å². The molecular weight excluding hydrogens is 261 g/mol. The second kappa shape index (κ2) is 4.66. The molecule has 0 radical (unpaired) electrons. The van der Waals surface area contributed by atoms with Crippen LogP contribution in [0, 0.1) is 5.82 Å². The van der Waals surface area contributed by atoms with Gasteiger partial charge in [-0.05, 0) is 31.0 Å². The summed E-state index contributed by atoms with van der Waals surface area (Å²) in [6, 6.07) is 2.83. The van der Waals surface area contributed by atoms with Crippen LogP contribution in [0.2, 0.25) is 0 Å². The Morgan fingerprint density at radius 3 is 2.39 bits per heavy atom. The lowest BCUT2D eigenvalue weighted by atomic mass is 10.2. The van der Waals surface area contributed by atoms with E-state index >= 15 is 0 Å². The average molecular weight is 273 g/mol. The third-order valence-electron chi connectivity index (χ3n) is 2.86. The minimum atomic E-state index is -3.85. The van der Waals surface area contributed by atoms with E-state index in [1.54, 1.807) is 0 Å². The molecule has 2 rings (SSSR count). The molecule has 0 aromatic heterocycles. The van der Waals surface area contributed by atoms with Crippen LogP contribution in [0.15, 0.2) is 23.1 Å². The summed E-state index contributed by atoms with van der Waals surface area (Å²) >= 11 is 0. The van der Waals surface area contributed by atoms with Gasteiger partial charge >= 0.3 is 5.97 Å². The number of hydrogen-bond acceptors (Lipinski definition) is 3. The van der Waals surface area contributed by atoms with Crippen LogP contribution in [0.1, 0.15) is 23.2 Å². The molecule has 0 bridgehead atoms. The van der Waals surface area contributed by atoms with E-state index in [2.05, 4.69) is 0 Å². The van der Waals surface area contributed by atoms with Crippen LogP contribution in [-0.2, 0) is 10.0 Å². The molecule has 1 N–H and O–H groups in total. The van der Waals surface area contributed by atoms with Gasteiger partial charge in [0.1, 0.15) is 10.7 Å². The average Bonchev–Trinajstić information content (AvgIpc) is 2.82. The van der Waals surface area contributed by atoms with Gasteiger partial charge in [0.05, 0.1) is 5.56 Å². The van der Waals surface area contributed by atoms with Crippen LogP contribution in [0.3, 0.4) is 0 Å². The largest absolute Gasteiger partial charge is 0.478 e. The number of halogens is 1. The van der Waals surface area contributed by atoms with Crippen molar-refractivity contribution >= 4 is 16.0 Å². The highest BCUT2D eigenvalue weighted by molar-refractivity contribution is 7.89. The third-order valence-corrected chi connectivity index (χ3v) is 4.79. The van der Waals surface area contributed by atoms with Crippen LogP contribution >= 0.6 is 0 Å². The maximum atomic E-state index is 13.7. The van der Waals surface area contributed by atoms with E-state index in [9.17, 15) is 17.6 Å². The number of carbonyl (C=O) groups is 1. The van der Waals surface area contributed by atoms with Gasteiger partial charge in [0.15, 0.2) is 0 Å². The third kappa shape index (κ3) is 2.23. The molecule has 1 fully saturated rings. The molecule has 0 amide bonds. The summed E-state index contributed by atoms with van der Waals surface area (Å²) in [6.07, 6.45) is 1.52. The predicted octanol–water partition coefficient (Wildman–Crippen LogP) is 1.31. The van der Waals surface area contributed by atoms with E-state index in [4.69, 9.17) is 5.11 Å². The Morgan fingerprint density at radius 1 is 1.28 bits per heavy atom. The van der Waals surface area contributed by atoms with Crippen molar-refractivity contribution in [1.29, 1.82) is 0 Å². The molecule has 7 heteroatoms. The number of rotatable bonds is 3. The minimum absolute atomic E-state index is 0.270. The van der Waals surface area contributed by atoms with Gasteiger partial charge in [0.2, 0.25) is 10.0 Å². The monoisotopic (exact) mass is 273 g/mol. The van der Waals surface area contributed by atoms with Crippen molar-refractivity contribution < 1.29 is 22.7 Å². The predicted molar refractivity (Wildman–Crippen MR) is 61.4 cm³/mol. The molecule has 1 aliphatic heterocycles. The SMILES string of the molecule is O=C(O)c1ccc(S(=O)(=O)N2CCCC2)c(F)c1. The van der Waals surface area contributed by atoms with Crippen molar-refractivity contribution in [3.05, 3.63) is 29.6 Å². The molecule has 1 aromatic carbocycles. The molecule has 0 saturated carbocycles. The molecule has 1 aliphatic rings. The normalized spacial score (nSPS) is 16.9. The molecule has 0 spiro atoms. The summed E-state index contributed by atoms with van der Waals surface area (Å²) in [4.78, 5) is 10.2. The Hall–Kier alpha value is -1.47. The first-order valence-corrected chi connectivity index (χ1v) is 6.90. The summed E-state index contributed by atoms with van der Waals surface area (Å²) in [5.74, 6) is -2.32. The van der Waals surface area contributed by atoms with Crippen LogP contribution in [0.25, 0.3) is 0 Å². The molecule has 5 nitrogen and oxygen atoms in total. The number of hydrogen-bond donors (Lipinski definition) is 1.